The summed E-state index contributed by atoms with van der Waals surface area (Å²) in [5.74, 6) is 0.0731. The molecule has 0 saturated heterocycles. The van der Waals surface area contributed by atoms with Crippen LogP contribution in [-0.4, -0.2) is 41.2 Å². The largest absolute Gasteiger partial charge is 0.303 e. The highest BCUT2D eigenvalue weighted by Gasteiger charge is 2.33. The fraction of sp³-hybridized carbons (Fsp3) is 0.364. The molecule has 2 aromatic carbocycles. The third-order valence-electron chi connectivity index (χ3n) is 5.11. The number of hydrogen-bond donors (Lipinski definition) is 0. The first-order valence-electron chi connectivity index (χ1n) is 9.65. The van der Waals surface area contributed by atoms with Crippen LogP contribution in [0.4, 0.5) is 0 Å². The van der Waals surface area contributed by atoms with Crippen molar-refractivity contribution in [2.45, 2.75) is 32.7 Å². The van der Waals surface area contributed by atoms with Crippen molar-refractivity contribution in [3.05, 3.63) is 68.6 Å². The number of amides is 1. The first-order valence-corrected chi connectivity index (χ1v) is 11.2. The van der Waals surface area contributed by atoms with Gasteiger partial charge in [-0.05, 0) is 48.5 Å². The Balaban J connectivity index is 1.86. The Morgan fingerprint density at radius 1 is 1.11 bits per heavy atom. The molecule has 0 spiro atoms. The van der Waals surface area contributed by atoms with Crippen molar-refractivity contribution in [2.24, 2.45) is 5.10 Å². The highest BCUT2D eigenvalue weighted by Crippen LogP contribution is 2.34. The molecule has 148 valence electrons. The Morgan fingerprint density at radius 2 is 1.82 bits per heavy atom. The Hall–Kier alpha value is -1.50. The normalized spacial score (nSPS) is 16.5. The summed E-state index contributed by atoms with van der Waals surface area (Å²) in [5.41, 5.74) is 3.11. The standard InChI is InChI=1S/C22H25Br2N3O/c1-3-26(4-2)13-12-22(28)27-21(17-6-5-7-19(24)14-17)15-20(25-27)16-8-10-18(23)11-9-16/h5-11,14,21H,3-4,12-13,15H2,1-2H3/t21-/m0/s1. The lowest BCUT2D eigenvalue weighted by Crippen LogP contribution is -2.32. The summed E-state index contributed by atoms with van der Waals surface area (Å²) in [6.07, 6.45) is 1.19. The zero-order valence-electron chi connectivity index (χ0n) is 16.2. The van der Waals surface area contributed by atoms with Gasteiger partial charge in [0.25, 0.3) is 0 Å². The fourth-order valence-electron chi connectivity index (χ4n) is 3.44. The van der Waals surface area contributed by atoms with Crippen LogP contribution in [0.15, 0.2) is 62.6 Å². The van der Waals surface area contributed by atoms with Gasteiger partial charge < -0.3 is 4.90 Å². The second kappa shape index (κ2) is 9.81. The first kappa shape index (κ1) is 21.2. The second-order valence-corrected chi connectivity index (χ2v) is 8.68. The lowest BCUT2D eigenvalue weighted by Gasteiger charge is -2.24. The SMILES string of the molecule is CCN(CC)CCC(=O)N1N=C(c2ccc(Br)cc2)C[C@H]1c1cccc(Br)c1. The van der Waals surface area contributed by atoms with Crippen LogP contribution in [0, 0.1) is 0 Å². The predicted octanol–water partition coefficient (Wildman–Crippen LogP) is 5.62. The summed E-state index contributed by atoms with van der Waals surface area (Å²) in [4.78, 5) is 15.3. The summed E-state index contributed by atoms with van der Waals surface area (Å²) in [5, 5.41) is 6.45. The maximum Gasteiger partial charge on any atom is 0.244 e. The molecule has 1 aliphatic rings. The minimum Gasteiger partial charge on any atom is -0.303 e. The van der Waals surface area contributed by atoms with Gasteiger partial charge in [-0.1, -0.05) is 70.0 Å². The van der Waals surface area contributed by atoms with E-state index in [0.29, 0.717) is 6.42 Å². The predicted molar refractivity (Wildman–Crippen MR) is 121 cm³/mol. The highest BCUT2D eigenvalue weighted by atomic mass is 79.9. The minimum absolute atomic E-state index is 0.0691. The minimum atomic E-state index is -0.0691. The van der Waals surface area contributed by atoms with E-state index in [1.165, 1.54) is 0 Å². The monoisotopic (exact) mass is 505 g/mol. The van der Waals surface area contributed by atoms with Crippen LogP contribution in [-0.2, 0) is 4.79 Å². The number of rotatable bonds is 7. The molecule has 6 heteroatoms. The van der Waals surface area contributed by atoms with Crippen molar-refractivity contribution >= 4 is 43.5 Å². The molecule has 1 amide bonds. The summed E-state index contributed by atoms with van der Waals surface area (Å²) in [7, 11) is 0. The van der Waals surface area contributed by atoms with Crippen LogP contribution in [0.1, 0.15) is 43.9 Å². The van der Waals surface area contributed by atoms with Gasteiger partial charge in [-0.15, -0.1) is 0 Å². The quantitative estimate of drug-likeness (QED) is 0.488. The van der Waals surface area contributed by atoms with Crippen molar-refractivity contribution in [2.75, 3.05) is 19.6 Å². The maximum atomic E-state index is 13.1. The highest BCUT2D eigenvalue weighted by molar-refractivity contribution is 9.10. The molecule has 0 bridgehead atoms. The average Bonchev–Trinajstić information content (AvgIpc) is 3.15. The molecule has 0 aromatic heterocycles. The molecule has 4 nitrogen and oxygen atoms in total. The van der Waals surface area contributed by atoms with Crippen LogP contribution in [0.3, 0.4) is 0 Å². The van der Waals surface area contributed by atoms with E-state index in [2.05, 4.69) is 62.7 Å². The van der Waals surface area contributed by atoms with E-state index in [9.17, 15) is 4.79 Å². The van der Waals surface area contributed by atoms with Crippen molar-refractivity contribution in [1.82, 2.24) is 9.91 Å². The van der Waals surface area contributed by atoms with E-state index in [1.54, 1.807) is 5.01 Å². The number of hydrogen-bond acceptors (Lipinski definition) is 3. The van der Waals surface area contributed by atoms with Gasteiger partial charge >= 0.3 is 0 Å². The molecule has 3 rings (SSSR count). The third-order valence-corrected chi connectivity index (χ3v) is 6.14. The van der Waals surface area contributed by atoms with Gasteiger partial charge in [0.05, 0.1) is 11.8 Å². The van der Waals surface area contributed by atoms with Crippen LogP contribution < -0.4 is 0 Å². The molecular weight excluding hydrogens is 482 g/mol. The van der Waals surface area contributed by atoms with Crippen molar-refractivity contribution < 1.29 is 4.79 Å². The molecule has 1 aliphatic heterocycles. The smallest absolute Gasteiger partial charge is 0.244 e. The molecule has 1 atom stereocenters. The molecule has 28 heavy (non-hydrogen) atoms. The fourth-order valence-corrected chi connectivity index (χ4v) is 4.12. The molecule has 0 aliphatic carbocycles. The van der Waals surface area contributed by atoms with Crippen LogP contribution in [0.25, 0.3) is 0 Å². The first-order chi connectivity index (χ1) is 13.5. The van der Waals surface area contributed by atoms with E-state index in [1.807, 2.05) is 36.4 Å². The second-order valence-electron chi connectivity index (χ2n) is 6.84. The van der Waals surface area contributed by atoms with Gasteiger partial charge in [0.1, 0.15) is 0 Å². The Labute approximate surface area is 183 Å². The van der Waals surface area contributed by atoms with Gasteiger partial charge in [-0.25, -0.2) is 5.01 Å². The van der Waals surface area contributed by atoms with E-state index >= 15 is 0 Å². The number of nitrogens with zero attached hydrogens (tertiary/aromatic N) is 3. The van der Waals surface area contributed by atoms with Crippen LogP contribution in [0.2, 0.25) is 0 Å². The summed E-state index contributed by atoms with van der Waals surface area (Å²) in [6, 6.07) is 16.2. The van der Waals surface area contributed by atoms with E-state index < -0.39 is 0 Å². The average molecular weight is 507 g/mol. The van der Waals surface area contributed by atoms with Crippen LogP contribution in [0.5, 0.6) is 0 Å². The molecule has 0 saturated carbocycles. The van der Waals surface area contributed by atoms with Crippen molar-refractivity contribution in [3.8, 4) is 0 Å². The maximum absolute atomic E-state index is 13.1. The molecule has 0 fully saturated rings. The molecule has 1 heterocycles. The van der Waals surface area contributed by atoms with Gasteiger partial charge in [0.2, 0.25) is 5.91 Å². The summed E-state index contributed by atoms with van der Waals surface area (Å²) < 4.78 is 2.04. The number of carbonyl (C=O) groups is 1. The molecular formula is C22H25Br2N3O. The lowest BCUT2D eigenvalue weighted by molar-refractivity contribution is -0.133. The molecule has 2 aromatic rings. The van der Waals surface area contributed by atoms with Gasteiger partial charge in [-0.3, -0.25) is 4.79 Å². The Morgan fingerprint density at radius 3 is 2.46 bits per heavy atom. The summed E-state index contributed by atoms with van der Waals surface area (Å²) >= 11 is 7.03. The topological polar surface area (TPSA) is 35.9 Å². The number of benzene rings is 2. The van der Waals surface area contributed by atoms with Gasteiger partial charge in [-0.2, -0.15) is 5.10 Å². The van der Waals surface area contributed by atoms with E-state index in [-0.39, 0.29) is 11.9 Å². The summed E-state index contributed by atoms with van der Waals surface area (Å²) in [6.45, 7) is 6.91. The number of halogens is 2. The molecule has 0 unspecified atom stereocenters. The molecule has 0 radical (unpaired) electrons. The van der Waals surface area contributed by atoms with Crippen molar-refractivity contribution in [1.29, 1.82) is 0 Å². The molecule has 0 N–H and O–H groups in total. The zero-order valence-corrected chi connectivity index (χ0v) is 19.4. The zero-order chi connectivity index (χ0) is 20.1. The van der Waals surface area contributed by atoms with E-state index in [0.717, 1.165) is 51.8 Å². The Bertz CT molecular complexity index is 847. The van der Waals surface area contributed by atoms with E-state index in [4.69, 9.17) is 5.10 Å². The van der Waals surface area contributed by atoms with Gasteiger partial charge in [0.15, 0.2) is 0 Å². The third kappa shape index (κ3) is 5.10. The number of hydrazone groups is 1. The van der Waals surface area contributed by atoms with Gasteiger partial charge in [0, 0.05) is 28.3 Å². The number of carbonyl (C=O) groups excluding carboxylic acids is 1. The Kier molecular flexibility index (Phi) is 7.43. The van der Waals surface area contributed by atoms with Crippen LogP contribution >= 0.6 is 31.9 Å². The van der Waals surface area contributed by atoms with Crippen molar-refractivity contribution in [3.63, 3.8) is 0 Å². The lowest BCUT2D eigenvalue weighted by atomic mass is 9.98.